The zero-order chi connectivity index (χ0) is 19.0. The van der Waals surface area contributed by atoms with Crippen LogP contribution in [0.25, 0.3) is 0 Å². The van der Waals surface area contributed by atoms with E-state index in [1.165, 1.54) is 26.0 Å². The molecule has 2 aromatic carbocycles. The number of carbonyl (C=O) groups excluding carboxylic acids is 2. The van der Waals surface area contributed by atoms with Crippen molar-refractivity contribution in [1.29, 1.82) is 0 Å². The van der Waals surface area contributed by atoms with Gasteiger partial charge in [0, 0.05) is 17.5 Å². The molecule has 0 amide bonds. The van der Waals surface area contributed by atoms with Crippen molar-refractivity contribution in [1.82, 2.24) is 0 Å². The van der Waals surface area contributed by atoms with Gasteiger partial charge in [0.1, 0.15) is 0 Å². The number of halogens is 6. The Bertz CT molecular complexity index is 831. The van der Waals surface area contributed by atoms with E-state index in [4.69, 9.17) is 69.6 Å². The van der Waals surface area contributed by atoms with Gasteiger partial charge in [-0.25, -0.2) is 0 Å². The Morgan fingerprint density at radius 1 is 0.680 bits per heavy atom. The number of benzene rings is 2. The minimum Gasteiger partial charge on any atom is -0.294 e. The number of rotatable bonds is 4. The van der Waals surface area contributed by atoms with Crippen LogP contribution in [0.2, 0.25) is 30.1 Å². The standard InChI is InChI=1S/C17H10Cl6O2/c1-6(24)14-8(16(22)12(20)4-10(14)18)3-9-15(7(2)25)11(19)5-13(21)17(9)23/h4-5H,3H2,1-2H3. The molecule has 0 heterocycles. The molecule has 0 aliphatic heterocycles. The molecule has 2 aromatic rings. The maximum atomic E-state index is 12.0. The van der Waals surface area contributed by atoms with E-state index in [0.29, 0.717) is 11.1 Å². The second-order valence-corrected chi connectivity index (χ2v) is 7.69. The molecule has 0 unspecified atom stereocenters. The molecule has 0 radical (unpaired) electrons. The summed E-state index contributed by atoms with van der Waals surface area (Å²) in [6.07, 6.45) is 0.0159. The molecule has 0 saturated heterocycles. The van der Waals surface area contributed by atoms with Crippen molar-refractivity contribution in [3.63, 3.8) is 0 Å². The first-order chi connectivity index (χ1) is 11.6. The summed E-state index contributed by atoms with van der Waals surface area (Å²) in [5, 5.41) is 0.979. The predicted molar refractivity (Wildman–Crippen MR) is 106 cm³/mol. The topological polar surface area (TPSA) is 34.1 Å². The summed E-state index contributed by atoms with van der Waals surface area (Å²) in [6, 6.07) is 2.79. The molecule has 2 rings (SSSR count). The Labute approximate surface area is 174 Å². The lowest BCUT2D eigenvalue weighted by Crippen LogP contribution is -2.08. The molecule has 132 valence electrons. The molecular formula is C17H10Cl6O2. The third-order valence-corrected chi connectivity index (χ3v) is 5.84. The molecule has 8 heteroatoms. The fourth-order valence-corrected chi connectivity index (χ4v) is 4.26. The van der Waals surface area contributed by atoms with Gasteiger partial charge in [0.2, 0.25) is 0 Å². The number of Topliss-reactive ketones (excluding diaryl/α,β-unsaturated/α-hetero) is 2. The summed E-state index contributed by atoms with van der Waals surface area (Å²) in [5.41, 5.74) is 1.12. The summed E-state index contributed by atoms with van der Waals surface area (Å²) in [7, 11) is 0. The minimum atomic E-state index is -0.299. The van der Waals surface area contributed by atoms with Gasteiger partial charge in [-0.3, -0.25) is 9.59 Å². The number of ketones is 2. The van der Waals surface area contributed by atoms with Gasteiger partial charge in [0.25, 0.3) is 0 Å². The van der Waals surface area contributed by atoms with Crippen LogP contribution in [0.5, 0.6) is 0 Å². The molecule has 2 nitrogen and oxygen atoms in total. The van der Waals surface area contributed by atoms with E-state index in [0.717, 1.165) is 0 Å². The first-order valence-electron chi connectivity index (χ1n) is 6.90. The van der Waals surface area contributed by atoms with Crippen molar-refractivity contribution < 1.29 is 9.59 Å². The van der Waals surface area contributed by atoms with Crippen molar-refractivity contribution in [3.05, 3.63) is 64.5 Å². The summed E-state index contributed by atoms with van der Waals surface area (Å²) in [4.78, 5) is 24.1. The normalized spacial score (nSPS) is 10.9. The SMILES string of the molecule is CC(=O)c1c(Cl)cc(Cl)c(Cl)c1Cc1c(Cl)c(Cl)cc(Cl)c1C(C)=O. The summed E-state index contributed by atoms with van der Waals surface area (Å²) < 4.78 is 0. The van der Waals surface area contributed by atoms with Gasteiger partial charge < -0.3 is 0 Å². The Kier molecular flexibility index (Phi) is 6.70. The van der Waals surface area contributed by atoms with Crippen LogP contribution < -0.4 is 0 Å². The van der Waals surface area contributed by atoms with E-state index in [1.807, 2.05) is 0 Å². The first kappa shape index (κ1) is 20.8. The average Bonchev–Trinajstić information content (AvgIpc) is 2.48. The number of hydrogen-bond acceptors (Lipinski definition) is 2. The largest absolute Gasteiger partial charge is 0.294 e. The first-order valence-corrected chi connectivity index (χ1v) is 9.17. The van der Waals surface area contributed by atoms with Crippen molar-refractivity contribution in [2.75, 3.05) is 0 Å². The van der Waals surface area contributed by atoms with Gasteiger partial charge in [-0.05, 0) is 37.1 Å². The Balaban J connectivity index is 2.82. The van der Waals surface area contributed by atoms with Gasteiger partial charge in [-0.2, -0.15) is 0 Å². The third kappa shape index (κ3) is 4.10. The molecule has 0 N–H and O–H groups in total. The van der Waals surface area contributed by atoms with Crippen LogP contribution >= 0.6 is 69.6 Å². The summed E-state index contributed by atoms with van der Waals surface area (Å²) >= 11 is 37.1. The van der Waals surface area contributed by atoms with Gasteiger partial charge in [-0.1, -0.05) is 69.6 Å². The molecule has 0 aliphatic rings. The smallest absolute Gasteiger partial charge is 0.161 e. The highest BCUT2D eigenvalue weighted by Crippen LogP contribution is 2.40. The quantitative estimate of drug-likeness (QED) is 0.349. The van der Waals surface area contributed by atoms with Crippen LogP contribution in [0.1, 0.15) is 45.7 Å². The van der Waals surface area contributed by atoms with Gasteiger partial charge in [0.15, 0.2) is 11.6 Å². The fraction of sp³-hybridized carbons (Fsp3) is 0.176. The lowest BCUT2D eigenvalue weighted by molar-refractivity contribution is 0.101. The van der Waals surface area contributed by atoms with Crippen LogP contribution in [0.15, 0.2) is 12.1 Å². The molecule has 0 bridgehead atoms. The van der Waals surface area contributed by atoms with E-state index in [-0.39, 0.29) is 59.3 Å². The van der Waals surface area contributed by atoms with Crippen molar-refractivity contribution in [2.45, 2.75) is 20.3 Å². The lowest BCUT2D eigenvalue weighted by atomic mass is 9.93. The Morgan fingerprint density at radius 3 is 1.28 bits per heavy atom. The second kappa shape index (κ2) is 8.04. The zero-order valence-electron chi connectivity index (χ0n) is 12.9. The minimum absolute atomic E-state index is 0.0159. The summed E-state index contributed by atoms with van der Waals surface area (Å²) in [5.74, 6) is -0.598. The molecule has 0 atom stereocenters. The maximum Gasteiger partial charge on any atom is 0.161 e. The molecule has 0 fully saturated rings. The lowest BCUT2D eigenvalue weighted by Gasteiger charge is -2.17. The molecule has 0 spiro atoms. The zero-order valence-corrected chi connectivity index (χ0v) is 17.5. The Morgan fingerprint density at radius 2 is 1.00 bits per heavy atom. The van der Waals surface area contributed by atoms with E-state index in [1.54, 1.807) is 0 Å². The van der Waals surface area contributed by atoms with Crippen molar-refractivity contribution in [2.24, 2.45) is 0 Å². The van der Waals surface area contributed by atoms with Crippen LogP contribution in [-0.4, -0.2) is 11.6 Å². The van der Waals surface area contributed by atoms with Crippen molar-refractivity contribution in [3.8, 4) is 0 Å². The fourth-order valence-electron chi connectivity index (χ4n) is 2.56. The van der Waals surface area contributed by atoms with Crippen LogP contribution in [0.4, 0.5) is 0 Å². The highest BCUT2D eigenvalue weighted by atomic mass is 35.5. The average molecular weight is 459 g/mol. The number of carbonyl (C=O) groups is 2. The van der Waals surface area contributed by atoms with E-state index in [9.17, 15) is 9.59 Å². The van der Waals surface area contributed by atoms with Gasteiger partial charge in [0.05, 0.1) is 30.1 Å². The molecular weight excluding hydrogens is 449 g/mol. The predicted octanol–water partition coefficient (Wildman–Crippen LogP) is 7.60. The highest BCUT2D eigenvalue weighted by molar-refractivity contribution is 6.46. The number of hydrogen-bond donors (Lipinski definition) is 0. The van der Waals surface area contributed by atoms with E-state index in [2.05, 4.69) is 0 Å². The van der Waals surface area contributed by atoms with Crippen molar-refractivity contribution >= 4 is 81.2 Å². The molecule has 25 heavy (non-hydrogen) atoms. The van der Waals surface area contributed by atoms with Crippen LogP contribution in [0, 0.1) is 0 Å². The van der Waals surface area contributed by atoms with E-state index >= 15 is 0 Å². The third-order valence-electron chi connectivity index (χ3n) is 3.60. The second-order valence-electron chi connectivity index (χ2n) is 5.30. The van der Waals surface area contributed by atoms with Gasteiger partial charge >= 0.3 is 0 Å². The van der Waals surface area contributed by atoms with Gasteiger partial charge in [-0.15, -0.1) is 0 Å². The van der Waals surface area contributed by atoms with Crippen LogP contribution in [-0.2, 0) is 6.42 Å². The monoisotopic (exact) mass is 456 g/mol. The molecule has 0 aliphatic carbocycles. The van der Waals surface area contributed by atoms with E-state index < -0.39 is 0 Å². The highest BCUT2D eigenvalue weighted by Gasteiger charge is 2.24. The summed E-state index contributed by atoms with van der Waals surface area (Å²) in [6.45, 7) is 2.71. The maximum absolute atomic E-state index is 12.0. The molecule has 0 aromatic heterocycles. The van der Waals surface area contributed by atoms with Crippen LogP contribution in [0.3, 0.4) is 0 Å². The molecule has 0 saturated carbocycles. The Hall–Kier alpha value is -0.480.